The first-order chi connectivity index (χ1) is 9.16. The number of nitrogens with one attached hydrogen (secondary N) is 1. The van der Waals surface area contributed by atoms with Gasteiger partial charge in [-0.25, -0.2) is 0 Å². The SMILES string of the molecule is COCCNCC1(c2cc(C)cc(C)c2)CCCC1. The topological polar surface area (TPSA) is 21.3 Å². The van der Waals surface area contributed by atoms with Gasteiger partial charge in [-0.1, -0.05) is 42.2 Å². The lowest BCUT2D eigenvalue weighted by molar-refractivity contribution is 0.196. The van der Waals surface area contributed by atoms with Gasteiger partial charge in [-0.2, -0.15) is 0 Å². The van der Waals surface area contributed by atoms with Crippen LogP contribution in [0.25, 0.3) is 0 Å². The van der Waals surface area contributed by atoms with E-state index in [9.17, 15) is 0 Å². The number of rotatable bonds is 6. The predicted molar refractivity (Wildman–Crippen MR) is 80.8 cm³/mol. The van der Waals surface area contributed by atoms with E-state index in [2.05, 4.69) is 37.4 Å². The lowest BCUT2D eigenvalue weighted by atomic mass is 9.77. The Morgan fingerprint density at radius 3 is 2.32 bits per heavy atom. The fraction of sp³-hybridized carbons (Fsp3) is 0.647. The van der Waals surface area contributed by atoms with Gasteiger partial charge in [0.25, 0.3) is 0 Å². The number of methoxy groups -OCH3 is 1. The summed E-state index contributed by atoms with van der Waals surface area (Å²) in [7, 11) is 1.76. The zero-order valence-electron chi connectivity index (χ0n) is 12.6. The van der Waals surface area contributed by atoms with Gasteiger partial charge in [0.05, 0.1) is 6.61 Å². The Kier molecular flexibility index (Phi) is 5.00. The summed E-state index contributed by atoms with van der Waals surface area (Å²) in [5.41, 5.74) is 4.66. The molecule has 2 heteroatoms. The molecule has 0 spiro atoms. The van der Waals surface area contributed by atoms with Crippen LogP contribution in [-0.4, -0.2) is 26.8 Å². The molecular weight excluding hydrogens is 234 g/mol. The summed E-state index contributed by atoms with van der Waals surface area (Å²) in [6.07, 6.45) is 5.35. The standard InChI is InChI=1S/C17H27NO/c1-14-10-15(2)12-16(11-14)17(6-4-5-7-17)13-18-8-9-19-3/h10-12,18H,4-9,13H2,1-3H3. The van der Waals surface area contributed by atoms with E-state index in [-0.39, 0.29) is 0 Å². The zero-order valence-corrected chi connectivity index (χ0v) is 12.6. The van der Waals surface area contributed by atoms with Crippen LogP contribution in [0.15, 0.2) is 18.2 Å². The van der Waals surface area contributed by atoms with Crippen molar-refractivity contribution < 1.29 is 4.74 Å². The van der Waals surface area contributed by atoms with Crippen LogP contribution < -0.4 is 5.32 Å². The molecular formula is C17H27NO. The molecule has 0 amide bonds. The maximum Gasteiger partial charge on any atom is 0.0587 e. The summed E-state index contributed by atoms with van der Waals surface area (Å²) < 4.78 is 5.12. The Hall–Kier alpha value is -0.860. The van der Waals surface area contributed by atoms with E-state index in [0.29, 0.717) is 5.41 Å². The first kappa shape index (κ1) is 14.5. The molecule has 2 rings (SSSR count). The second-order valence-electron chi connectivity index (χ2n) is 6.03. The van der Waals surface area contributed by atoms with Crippen molar-refractivity contribution in [2.45, 2.75) is 44.9 Å². The van der Waals surface area contributed by atoms with Gasteiger partial charge >= 0.3 is 0 Å². The van der Waals surface area contributed by atoms with Crippen LogP contribution in [0.5, 0.6) is 0 Å². The number of ether oxygens (including phenoxy) is 1. The lowest BCUT2D eigenvalue weighted by Gasteiger charge is -2.31. The van der Waals surface area contributed by atoms with Crippen LogP contribution in [0.3, 0.4) is 0 Å². The maximum absolute atomic E-state index is 5.12. The van der Waals surface area contributed by atoms with E-state index in [1.807, 2.05) is 0 Å². The van der Waals surface area contributed by atoms with Gasteiger partial charge in [-0.15, -0.1) is 0 Å². The highest BCUT2D eigenvalue weighted by molar-refractivity contribution is 5.35. The number of benzene rings is 1. The number of aryl methyl sites for hydroxylation is 2. The second-order valence-corrected chi connectivity index (χ2v) is 6.03. The van der Waals surface area contributed by atoms with Crippen molar-refractivity contribution >= 4 is 0 Å². The monoisotopic (exact) mass is 261 g/mol. The van der Waals surface area contributed by atoms with Gasteiger partial charge in [-0.3, -0.25) is 0 Å². The molecule has 2 nitrogen and oxygen atoms in total. The second kappa shape index (κ2) is 6.53. The van der Waals surface area contributed by atoms with Crippen LogP contribution in [0.1, 0.15) is 42.4 Å². The maximum atomic E-state index is 5.12. The minimum atomic E-state index is 0.352. The van der Waals surface area contributed by atoms with Gasteiger partial charge in [0.15, 0.2) is 0 Å². The summed E-state index contributed by atoms with van der Waals surface area (Å²) >= 11 is 0. The summed E-state index contributed by atoms with van der Waals surface area (Å²) in [5, 5.41) is 3.58. The number of hydrogen-bond donors (Lipinski definition) is 1. The fourth-order valence-electron chi connectivity index (χ4n) is 3.40. The van der Waals surface area contributed by atoms with Crippen LogP contribution in [0.2, 0.25) is 0 Å². The Labute approximate surface area is 117 Å². The van der Waals surface area contributed by atoms with E-state index < -0.39 is 0 Å². The minimum absolute atomic E-state index is 0.352. The Morgan fingerprint density at radius 1 is 1.11 bits per heavy atom. The molecule has 1 aromatic rings. The Bertz CT molecular complexity index is 387. The van der Waals surface area contributed by atoms with Crippen LogP contribution in [0, 0.1) is 13.8 Å². The van der Waals surface area contributed by atoms with Crippen molar-refractivity contribution in [1.29, 1.82) is 0 Å². The first-order valence-corrected chi connectivity index (χ1v) is 7.45. The molecule has 0 bridgehead atoms. The molecule has 0 unspecified atom stereocenters. The highest BCUT2D eigenvalue weighted by Gasteiger charge is 2.35. The third-order valence-corrected chi connectivity index (χ3v) is 4.34. The molecule has 1 fully saturated rings. The van der Waals surface area contributed by atoms with Crippen molar-refractivity contribution in [1.82, 2.24) is 5.32 Å². The Balaban J connectivity index is 2.13. The lowest BCUT2D eigenvalue weighted by Crippen LogP contribution is -2.37. The third-order valence-electron chi connectivity index (χ3n) is 4.34. The molecule has 0 heterocycles. The van der Waals surface area contributed by atoms with Gasteiger partial charge in [0.1, 0.15) is 0 Å². The molecule has 0 aliphatic heterocycles. The smallest absolute Gasteiger partial charge is 0.0587 e. The van der Waals surface area contributed by atoms with Crippen LogP contribution in [0.4, 0.5) is 0 Å². The van der Waals surface area contributed by atoms with Crippen molar-refractivity contribution in [2.24, 2.45) is 0 Å². The Morgan fingerprint density at radius 2 is 1.74 bits per heavy atom. The molecule has 1 aliphatic carbocycles. The van der Waals surface area contributed by atoms with Gasteiger partial charge in [-0.05, 0) is 32.3 Å². The largest absolute Gasteiger partial charge is 0.383 e. The summed E-state index contributed by atoms with van der Waals surface area (Å²) in [5.74, 6) is 0. The normalized spacial score (nSPS) is 17.8. The third kappa shape index (κ3) is 3.58. The average Bonchev–Trinajstić information content (AvgIpc) is 2.84. The molecule has 0 saturated heterocycles. The molecule has 1 aromatic carbocycles. The molecule has 0 radical (unpaired) electrons. The highest BCUT2D eigenvalue weighted by atomic mass is 16.5. The summed E-state index contributed by atoms with van der Waals surface area (Å²) in [6.45, 7) is 7.24. The molecule has 0 aromatic heterocycles. The molecule has 1 aliphatic rings. The first-order valence-electron chi connectivity index (χ1n) is 7.45. The minimum Gasteiger partial charge on any atom is -0.383 e. The summed E-state index contributed by atoms with van der Waals surface area (Å²) in [4.78, 5) is 0. The van der Waals surface area contributed by atoms with Gasteiger partial charge in [0, 0.05) is 25.6 Å². The molecule has 1 saturated carbocycles. The van der Waals surface area contributed by atoms with Gasteiger partial charge < -0.3 is 10.1 Å². The van der Waals surface area contributed by atoms with E-state index >= 15 is 0 Å². The quantitative estimate of drug-likeness (QED) is 0.793. The average molecular weight is 261 g/mol. The molecule has 19 heavy (non-hydrogen) atoms. The number of hydrogen-bond acceptors (Lipinski definition) is 2. The molecule has 0 atom stereocenters. The van der Waals surface area contributed by atoms with E-state index in [1.165, 1.54) is 42.4 Å². The van der Waals surface area contributed by atoms with Crippen LogP contribution in [-0.2, 0) is 10.2 Å². The zero-order chi connectivity index (χ0) is 13.7. The van der Waals surface area contributed by atoms with Crippen molar-refractivity contribution in [3.8, 4) is 0 Å². The van der Waals surface area contributed by atoms with Crippen molar-refractivity contribution in [3.05, 3.63) is 34.9 Å². The van der Waals surface area contributed by atoms with Crippen molar-refractivity contribution in [2.75, 3.05) is 26.8 Å². The van der Waals surface area contributed by atoms with E-state index in [0.717, 1.165) is 19.7 Å². The van der Waals surface area contributed by atoms with Crippen LogP contribution >= 0.6 is 0 Å². The van der Waals surface area contributed by atoms with Gasteiger partial charge in [0.2, 0.25) is 0 Å². The van der Waals surface area contributed by atoms with E-state index in [4.69, 9.17) is 4.74 Å². The highest BCUT2D eigenvalue weighted by Crippen LogP contribution is 2.41. The fourth-order valence-corrected chi connectivity index (χ4v) is 3.40. The molecule has 1 N–H and O–H groups in total. The van der Waals surface area contributed by atoms with Crippen molar-refractivity contribution in [3.63, 3.8) is 0 Å². The predicted octanol–water partition coefficient (Wildman–Crippen LogP) is 3.35. The van der Waals surface area contributed by atoms with E-state index in [1.54, 1.807) is 7.11 Å². The molecule has 106 valence electrons. The summed E-state index contributed by atoms with van der Waals surface area (Å²) in [6, 6.07) is 7.04.